The number of nitro groups is 1. The highest BCUT2D eigenvalue weighted by molar-refractivity contribution is 9.10. The summed E-state index contributed by atoms with van der Waals surface area (Å²) in [6.07, 6.45) is 0. The number of aliphatic hydroxyl groups is 1. The van der Waals surface area contributed by atoms with E-state index in [0.29, 0.717) is 5.56 Å². The molecule has 1 N–H and O–H groups in total. The van der Waals surface area contributed by atoms with Crippen LogP contribution < -0.4 is 4.74 Å². The summed E-state index contributed by atoms with van der Waals surface area (Å²) in [5, 5.41) is 21.9. The minimum atomic E-state index is -0.500. The van der Waals surface area contributed by atoms with Gasteiger partial charge in [0.2, 0.25) is 0 Å². The average molecular weight is 344 g/mol. The molecule has 0 spiro atoms. The van der Waals surface area contributed by atoms with Gasteiger partial charge in [-0.25, -0.2) is 0 Å². The molecular formula is C12H10BrNO4S. The largest absolute Gasteiger partial charge is 0.481 e. The molecule has 0 saturated heterocycles. The minimum absolute atomic E-state index is 0.107. The zero-order valence-corrected chi connectivity index (χ0v) is 12.1. The summed E-state index contributed by atoms with van der Waals surface area (Å²) in [6, 6.07) is 6.22. The third kappa shape index (κ3) is 3.31. The Morgan fingerprint density at radius 3 is 2.79 bits per heavy atom. The molecule has 2 rings (SSSR count). The van der Waals surface area contributed by atoms with Crippen LogP contribution in [0.4, 0.5) is 5.69 Å². The van der Waals surface area contributed by atoms with E-state index in [9.17, 15) is 10.1 Å². The molecule has 0 saturated carbocycles. The molecule has 1 aromatic carbocycles. The van der Waals surface area contributed by atoms with E-state index in [2.05, 4.69) is 15.9 Å². The number of hydrogen-bond donors (Lipinski definition) is 1. The van der Waals surface area contributed by atoms with Crippen molar-refractivity contribution in [1.82, 2.24) is 0 Å². The van der Waals surface area contributed by atoms with E-state index in [0.717, 1.165) is 9.35 Å². The Morgan fingerprint density at radius 1 is 1.42 bits per heavy atom. The first-order chi connectivity index (χ1) is 9.11. The standard InChI is InChI=1S/C12H10BrNO4S/c13-9-3-4-19-12(9)7-18-11-5-8(6-15)1-2-10(11)14(16)17/h1-5,15H,6-7H2. The molecule has 5 nitrogen and oxygen atoms in total. The van der Waals surface area contributed by atoms with Crippen LogP contribution in [0.1, 0.15) is 10.4 Å². The number of benzene rings is 1. The van der Waals surface area contributed by atoms with Gasteiger partial charge in [0.05, 0.1) is 16.4 Å². The molecule has 0 atom stereocenters. The maximum absolute atomic E-state index is 10.9. The van der Waals surface area contributed by atoms with Crippen LogP contribution in [0.25, 0.3) is 0 Å². The van der Waals surface area contributed by atoms with Crippen molar-refractivity contribution in [2.24, 2.45) is 0 Å². The lowest BCUT2D eigenvalue weighted by molar-refractivity contribution is -0.386. The normalized spacial score (nSPS) is 10.4. The van der Waals surface area contributed by atoms with Crippen LogP contribution in [-0.2, 0) is 13.2 Å². The molecule has 19 heavy (non-hydrogen) atoms. The highest BCUT2D eigenvalue weighted by Gasteiger charge is 2.16. The number of ether oxygens (including phenoxy) is 1. The lowest BCUT2D eigenvalue weighted by Crippen LogP contribution is -1.99. The van der Waals surface area contributed by atoms with Gasteiger partial charge in [-0.2, -0.15) is 0 Å². The zero-order valence-electron chi connectivity index (χ0n) is 9.71. The van der Waals surface area contributed by atoms with Crippen molar-refractivity contribution >= 4 is 33.0 Å². The van der Waals surface area contributed by atoms with Crippen LogP contribution in [0.2, 0.25) is 0 Å². The fraction of sp³-hybridized carbons (Fsp3) is 0.167. The van der Waals surface area contributed by atoms with Gasteiger partial charge in [0.25, 0.3) is 0 Å². The fourth-order valence-electron chi connectivity index (χ4n) is 1.49. The van der Waals surface area contributed by atoms with E-state index < -0.39 is 4.92 Å². The number of nitrogens with zero attached hydrogens (tertiary/aromatic N) is 1. The summed E-state index contributed by atoms with van der Waals surface area (Å²) in [6.45, 7) is 0.0605. The van der Waals surface area contributed by atoms with E-state index in [1.807, 2.05) is 11.4 Å². The van der Waals surface area contributed by atoms with E-state index >= 15 is 0 Å². The second-order valence-electron chi connectivity index (χ2n) is 3.70. The first kappa shape index (κ1) is 14.0. The molecule has 0 aliphatic heterocycles. The highest BCUT2D eigenvalue weighted by Crippen LogP contribution is 2.30. The Bertz CT molecular complexity index is 599. The lowest BCUT2D eigenvalue weighted by Gasteiger charge is -2.07. The van der Waals surface area contributed by atoms with Gasteiger partial charge in [0.15, 0.2) is 5.75 Å². The predicted molar refractivity (Wildman–Crippen MR) is 75.4 cm³/mol. The molecule has 0 amide bonds. The zero-order chi connectivity index (χ0) is 13.8. The number of halogens is 1. The van der Waals surface area contributed by atoms with Gasteiger partial charge < -0.3 is 9.84 Å². The number of rotatable bonds is 5. The average Bonchev–Trinajstić information content (AvgIpc) is 2.81. The minimum Gasteiger partial charge on any atom is -0.481 e. The topological polar surface area (TPSA) is 72.6 Å². The third-order valence-electron chi connectivity index (χ3n) is 2.45. The first-order valence-corrected chi connectivity index (χ1v) is 7.02. The SMILES string of the molecule is O=[N+]([O-])c1ccc(CO)cc1OCc1sccc1Br. The quantitative estimate of drug-likeness (QED) is 0.666. The first-order valence-electron chi connectivity index (χ1n) is 5.34. The summed E-state index contributed by atoms with van der Waals surface area (Å²) in [7, 11) is 0. The van der Waals surface area contributed by atoms with Crippen molar-refractivity contribution in [2.75, 3.05) is 0 Å². The Morgan fingerprint density at radius 2 is 2.21 bits per heavy atom. The molecule has 0 aliphatic rings. The smallest absolute Gasteiger partial charge is 0.310 e. The molecule has 1 aromatic heterocycles. The predicted octanol–water partition coefficient (Wildman–Crippen LogP) is 3.49. The van der Waals surface area contributed by atoms with E-state index in [-0.39, 0.29) is 24.7 Å². The van der Waals surface area contributed by atoms with Gasteiger partial charge >= 0.3 is 5.69 Å². The van der Waals surface area contributed by atoms with Gasteiger partial charge in [0, 0.05) is 10.5 Å². The Labute approximate surface area is 121 Å². The lowest BCUT2D eigenvalue weighted by atomic mass is 10.2. The Hall–Kier alpha value is -1.44. The Balaban J connectivity index is 2.22. The van der Waals surface area contributed by atoms with Crippen molar-refractivity contribution in [3.05, 3.63) is 54.7 Å². The Kier molecular flexibility index (Phi) is 4.52. The second kappa shape index (κ2) is 6.14. The molecule has 0 aliphatic carbocycles. The van der Waals surface area contributed by atoms with Crippen molar-refractivity contribution in [2.45, 2.75) is 13.2 Å². The van der Waals surface area contributed by atoms with Crippen LogP contribution >= 0.6 is 27.3 Å². The summed E-state index contributed by atoms with van der Waals surface area (Å²) >= 11 is 4.87. The third-order valence-corrected chi connectivity index (χ3v) is 4.35. The number of aliphatic hydroxyl groups excluding tert-OH is 1. The van der Waals surface area contributed by atoms with E-state index in [1.54, 1.807) is 0 Å². The maximum Gasteiger partial charge on any atom is 0.310 e. The number of nitro benzene ring substituents is 1. The monoisotopic (exact) mass is 343 g/mol. The van der Waals surface area contributed by atoms with Gasteiger partial charge in [-0.3, -0.25) is 10.1 Å². The molecule has 100 valence electrons. The summed E-state index contributed by atoms with van der Waals surface area (Å²) < 4.78 is 6.41. The summed E-state index contributed by atoms with van der Waals surface area (Å²) in [4.78, 5) is 11.4. The highest BCUT2D eigenvalue weighted by atomic mass is 79.9. The summed E-state index contributed by atoms with van der Waals surface area (Å²) in [5.74, 6) is 0.164. The van der Waals surface area contributed by atoms with E-state index in [4.69, 9.17) is 9.84 Å². The van der Waals surface area contributed by atoms with Crippen molar-refractivity contribution in [1.29, 1.82) is 0 Å². The van der Waals surface area contributed by atoms with E-state index in [1.165, 1.54) is 29.5 Å². The molecule has 0 bridgehead atoms. The molecule has 0 fully saturated rings. The van der Waals surface area contributed by atoms with Crippen LogP contribution in [0.5, 0.6) is 5.75 Å². The molecule has 7 heteroatoms. The van der Waals surface area contributed by atoms with Crippen LogP contribution in [0, 0.1) is 10.1 Å². The van der Waals surface area contributed by atoms with Gasteiger partial charge in [-0.1, -0.05) is 0 Å². The molecule has 1 heterocycles. The number of hydrogen-bond acceptors (Lipinski definition) is 5. The summed E-state index contributed by atoms with van der Waals surface area (Å²) in [5.41, 5.74) is 0.468. The second-order valence-corrected chi connectivity index (χ2v) is 5.55. The number of thiophene rings is 1. The van der Waals surface area contributed by atoms with Crippen molar-refractivity contribution in [3.63, 3.8) is 0 Å². The van der Waals surface area contributed by atoms with Crippen LogP contribution in [0.3, 0.4) is 0 Å². The van der Waals surface area contributed by atoms with Crippen LogP contribution in [0.15, 0.2) is 34.1 Å². The van der Waals surface area contributed by atoms with Crippen molar-refractivity contribution in [3.8, 4) is 5.75 Å². The fourth-order valence-corrected chi connectivity index (χ4v) is 2.87. The molecule has 0 unspecified atom stereocenters. The molecule has 2 aromatic rings. The molecule has 0 radical (unpaired) electrons. The van der Waals surface area contributed by atoms with Crippen LogP contribution in [-0.4, -0.2) is 10.0 Å². The van der Waals surface area contributed by atoms with Crippen molar-refractivity contribution < 1.29 is 14.8 Å². The van der Waals surface area contributed by atoms with Gasteiger partial charge in [-0.05, 0) is 45.1 Å². The molecular weight excluding hydrogens is 334 g/mol. The van der Waals surface area contributed by atoms with Gasteiger partial charge in [-0.15, -0.1) is 11.3 Å². The maximum atomic E-state index is 10.9. The van der Waals surface area contributed by atoms with Gasteiger partial charge in [0.1, 0.15) is 6.61 Å².